The molecule has 1 aromatic carbocycles. The van der Waals surface area contributed by atoms with Crippen molar-refractivity contribution in [1.29, 1.82) is 0 Å². The van der Waals surface area contributed by atoms with Gasteiger partial charge in [0.25, 0.3) is 0 Å². The summed E-state index contributed by atoms with van der Waals surface area (Å²) in [5.74, 6) is 0. The fourth-order valence-electron chi connectivity index (χ4n) is 2.20. The van der Waals surface area contributed by atoms with Crippen molar-refractivity contribution in [3.05, 3.63) is 30.0 Å². The van der Waals surface area contributed by atoms with E-state index >= 15 is 0 Å². The van der Waals surface area contributed by atoms with E-state index in [-0.39, 0.29) is 11.2 Å². The van der Waals surface area contributed by atoms with Gasteiger partial charge in [0.05, 0.1) is 6.20 Å². The minimum atomic E-state index is -1.03. The van der Waals surface area contributed by atoms with Crippen LogP contribution < -0.4 is 0 Å². The topological polar surface area (TPSA) is 86.4 Å². The second-order valence-corrected chi connectivity index (χ2v) is 6.30. The molecule has 0 amide bonds. The van der Waals surface area contributed by atoms with E-state index in [1.807, 2.05) is 25.1 Å². The van der Waals surface area contributed by atoms with Gasteiger partial charge in [-0.1, -0.05) is 0 Å². The Labute approximate surface area is 129 Å². The Morgan fingerprint density at radius 1 is 1.33 bits per heavy atom. The highest BCUT2D eigenvalue weighted by atomic mass is 32.2. The Bertz CT molecular complexity index is 832. The molecule has 1 N–H and O–H groups in total. The van der Waals surface area contributed by atoms with E-state index in [1.54, 1.807) is 12.5 Å². The van der Waals surface area contributed by atoms with Gasteiger partial charge in [-0.2, -0.15) is 14.6 Å². The molecule has 0 bridgehead atoms. The molecule has 3 aromatic rings. The van der Waals surface area contributed by atoms with E-state index in [1.165, 1.54) is 4.52 Å². The van der Waals surface area contributed by atoms with Crippen LogP contribution in [0.2, 0.25) is 0 Å². The largest absolute Gasteiger partial charge is 0.612 e. The molecular formula is C13H12N4O2S2. The number of thiol groups is 1. The lowest BCUT2D eigenvalue weighted by Crippen LogP contribution is -2.00. The van der Waals surface area contributed by atoms with Gasteiger partial charge < -0.3 is 9.66 Å². The molecule has 0 aliphatic heterocycles. The predicted molar refractivity (Wildman–Crippen MR) is 82.2 cm³/mol. The van der Waals surface area contributed by atoms with Crippen LogP contribution in [0.1, 0.15) is 5.56 Å². The lowest BCUT2D eigenvalue weighted by Gasteiger charge is -2.08. The fourth-order valence-corrected chi connectivity index (χ4v) is 3.15. The summed E-state index contributed by atoms with van der Waals surface area (Å²) in [6.07, 6.45) is 3.25. The molecule has 0 saturated carbocycles. The van der Waals surface area contributed by atoms with Crippen LogP contribution in [0, 0.1) is 6.92 Å². The van der Waals surface area contributed by atoms with Crippen LogP contribution in [0.3, 0.4) is 0 Å². The van der Waals surface area contributed by atoms with Crippen LogP contribution in [0.4, 0.5) is 0 Å². The number of hydrogen-bond donors (Lipinski definition) is 2. The van der Waals surface area contributed by atoms with Crippen LogP contribution >= 0.6 is 12.6 Å². The average molecular weight is 320 g/mol. The van der Waals surface area contributed by atoms with E-state index in [4.69, 9.17) is 0 Å². The van der Waals surface area contributed by atoms with E-state index in [0.29, 0.717) is 5.65 Å². The predicted octanol–water partition coefficient (Wildman–Crippen LogP) is 1.83. The van der Waals surface area contributed by atoms with Gasteiger partial charge in [-0.15, -0.1) is 12.6 Å². The molecule has 2 aromatic heterocycles. The maximum atomic E-state index is 11.6. The van der Waals surface area contributed by atoms with Gasteiger partial charge >= 0.3 is 6.01 Å². The number of benzene rings is 1. The average Bonchev–Trinajstić information content (AvgIpc) is 2.82. The molecule has 108 valence electrons. The first-order valence-electron chi connectivity index (χ1n) is 6.05. The van der Waals surface area contributed by atoms with Gasteiger partial charge in [0.2, 0.25) is 0 Å². The lowest BCUT2D eigenvalue weighted by molar-refractivity contribution is 0.404. The van der Waals surface area contributed by atoms with Crippen molar-refractivity contribution in [2.24, 2.45) is 0 Å². The molecule has 2 heterocycles. The second kappa shape index (κ2) is 5.21. The highest BCUT2D eigenvalue weighted by molar-refractivity contribution is 7.90. The molecule has 1 unspecified atom stereocenters. The van der Waals surface area contributed by atoms with Gasteiger partial charge in [-0.25, -0.2) is 4.98 Å². The smallest absolute Gasteiger partial charge is 0.319 e. The molecule has 0 saturated heterocycles. The SMILES string of the molecule is Cc1cc(-c2cnn3c(O)nc(S)nc23)ccc1[S+](C)[O-]. The summed E-state index contributed by atoms with van der Waals surface area (Å²) in [5, 5.41) is 14.0. The summed E-state index contributed by atoms with van der Waals surface area (Å²) >= 11 is 3.04. The Hall–Kier alpha value is -1.77. The standard InChI is InChI=1S/C13H12N4O2S2/c1-7-5-8(3-4-10(7)21(2)19)9-6-14-17-11(9)15-12(20)16-13(17)18/h3-6H,1-2H3,(H2,15,16,18,20). The zero-order chi connectivity index (χ0) is 15.1. The number of aromatic nitrogens is 4. The van der Waals surface area contributed by atoms with E-state index < -0.39 is 11.2 Å². The number of hydrogen-bond acceptors (Lipinski definition) is 6. The zero-order valence-corrected chi connectivity index (χ0v) is 13.0. The van der Waals surface area contributed by atoms with Crippen molar-refractivity contribution in [2.45, 2.75) is 17.0 Å². The van der Waals surface area contributed by atoms with Gasteiger partial charge in [0, 0.05) is 11.1 Å². The molecule has 0 aliphatic carbocycles. The number of aromatic hydroxyl groups is 1. The highest BCUT2D eigenvalue weighted by Crippen LogP contribution is 2.28. The molecule has 0 spiro atoms. The van der Waals surface area contributed by atoms with E-state index in [0.717, 1.165) is 21.6 Å². The molecule has 8 heteroatoms. The summed E-state index contributed by atoms with van der Waals surface area (Å²) < 4.78 is 12.8. The first kappa shape index (κ1) is 14.2. The van der Waals surface area contributed by atoms with Crippen LogP contribution in [-0.2, 0) is 11.2 Å². The van der Waals surface area contributed by atoms with Crippen molar-refractivity contribution in [2.75, 3.05) is 6.26 Å². The van der Waals surface area contributed by atoms with Gasteiger partial charge in [0.15, 0.2) is 15.7 Å². The molecule has 0 radical (unpaired) electrons. The Balaban J connectivity index is 2.19. The zero-order valence-electron chi connectivity index (χ0n) is 11.3. The summed E-state index contributed by atoms with van der Waals surface area (Å²) in [7, 11) is 0. The maximum absolute atomic E-state index is 11.6. The third kappa shape index (κ3) is 2.45. The normalized spacial score (nSPS) is 12.8. The summed E-state index contributed by atoms with van der Waals surface area (Å²) in [4.78, 5) is 8.72. The van der Waals surface area contributed by atoms with Gasteiger partial charge in [-0.05, 0) is 41.9 Å². The third-order valence-corrected chi connectivity index (χ3v) is 4.41. The number of fused-ring (bicyclic) bond motifs is 1. The maximum Gasteiger partial charge on any atom is 0.319 e. The molecule has 0 fully saturated rings. The molecule has 21 heavy (non-hydrogen) atoms. The Morgan fingerprint density at radius 3 is 2.76 bits per heavy atom. The number of aryl methyl sites for hydroxylation is 1. The van der Waals surface area contributed by atoms with Crippen LogP contribution in [0.25, 0.3) is 16.8 Å². The summed E-state index contributed by atoms with van der Waals surface area (Å²) in [6.45, 7) is 1.91. The monoisotopic (exact) mass is 320 g/mol. The van der Waals surface area contributed by atoms with E-state index in [2.05, 4.69) is 27.7 Å². The summed E-state index contributed by atoms with van der Waals surface area (Å²) in [5.41, 5.74) is 3.02. The first-order chi connectivity index (χ1) is 9.97. The van der Waals surface area contributed by atoms with Crippen molar-refractivity contribution in [3.63, 3.8) is 0 Å². The van der Waals surface area contributed by atoms with E-state index in [9.17, 15) is 9.66 Å². The number of nitrogens with zero attached hydrogens (tertiary/aromatic N) is 4. The van der Waals surface area contributed by atoms with Crippen LogP contribution in [0.5, 0.6) is 6.01 Å². The fraction of sp³-hybridized carbons (Fsp3) is 0.154. The quantitative estimate of drug-likeness (QED) is 0.556. The highest BCUT2D eigenvalue weighted by Gasteiger charge is 2.15. The minimum Gasteiger partial charge on any atom is -0.612 e. The molecule has 6 nitrogen and oxygen atoms in total. The van der Waals surface area contributed by atoms with Crippen molar-refractivity contribution in [1.82, 2.24) is 19.6 Å². The van der Waals surface area contributed by atoms with Gasteiger partial charge in [-0.3, -0.25) is 0 Å². The molecular weight excluding hydrogens is 308 g/mol. The molecule has 1 atom stereocenters. The third-order valence-electron chi connectivity index (χ3n) is 3.13. The van der Waals surface area contributed by atoms with Crippen molar-refractivity contribution >= 4 is 29.5 Å². The van der Waals surface area contributed by atoms with Crippen LogP contribution in [-0.4, -0.2) is 35.5 Å². The lowest BCUT2D eigenvalue weighted by atomic mass is 10.1. The van der Waals surface area contributed by atoms with Crippen LogP contribution in [0.15, 0.2) is 34.4 Å². The Kier molecular flexibility index (Phi) is 3.52. The molecule has 0 aliphatic rings. The second-order valence-electron chi connectivity index (χ2n) is 4.55. The minimum absolute atomic E-state index is 0.171. The van der Waals surface area contributed by atoms with Crippen molar-refractivity contribution in [3.8, 4) is 17.1 Å². The first-order valence-corrected chi connectivity index (χ1v) is 8.06. The van der Waals surface area contributed by atoms with Gasteiger partial charge in [0.1, 0.15) is 6.26 Å². The van der Waals surface area contributed by atoms with Crippen molar-refractivity contribution < 1.29 is 9.66 Å². The molecule has 3 rings (SSSR count). The Morgan fingerprint density at radius 2 is 2.10 bits per heavy atom. The summed E-state index contributed by atoms with van der Waals surface area (Å²) in [6, 6.07) is 5.34. The number of rotatable bonds is 2.